The maximum atomic E-state index is 12.3. The number of rotatable bonds is 5. The molecule has 1 fully saturated rings. The van der Waals surface area contributed by atoms with Crippen LogP contribution in [0.4, 0.5) is 4.79 Å². The van der Waals surface area contributed by atoms with Gasteiger partial charge >= 0.3 is 6.03 Å². The van der Waals surface area contributed by atoms with Crippen LogP contribution >= 0.6 is 0 Å². The quantitative estimate of drug-likeness (QED) is 0.715. The maximum absolute atomic E-state index is 12.3. The van der Waals surface area contributed by atoms with Crippen molar-refractivity contribution in [3.8, 4) is 0 Å². The molecule has 0 spiro atoms. The summed E-state index contributed by atoms with van der Waals surface area (Å²) in [5.74, 6) is 0.143. The minimum Gasteiger partial charge on any atom is -0.352 e. The Bertz CT molecular complexity index is 370. The van der Waals surface area contributed by atoms with Crippen molar-refractivity contribution in [3.05, 3.63) is 11.6 Å². The summed E-state index contributed by atoms with van der Waals surface area (Å²) in [6.45, 7) is 1.97. The van der Waals surface area contributed by atoms with Crippen LogP contribution in [0.3, 0.4) is 0 Å². The van der Waals surface area contributed by atoms with E-state index in [1.165, 1.54) is 5.57 Å². The van der Waals surface area contributed by atoms with E-state index in [1.807, 2.05) is 6.92 Å². The van der Waals surface area contributed by atoms with Crippen LogP contribution < -0.4 is 11.1 Å². The number of nitrogens with two attached hydrogens (primary N) is 1. The molecular formula is C13H20N2O2. The molecule has 0 heterocycles. The van der Waals surface area contributed by atoms with E-state index in [-0.39, 0.29) is 11.2 Å². The molecule has 17 heavy (non-hydrogen) atoms. The highest BCUT2D eigenvalue weighted by atomic mass is 16.2. The molecule has 0 radical (unpaired) electrons. The van der Waals surface area contributed by atoms with Crippen molar-refractivity contribution in [1.82, 2.24) is 5.32 Å². The highest BCUT2D eigenvalue weighted by molar-refractivity contribution is 5.94. The Labute approximate surface area is 102 Å². The molecule has 0 aromatic carbocycles. The zero-order valence-electron chi connectivity index (χ0n) is 10.3. The molecule has 4 nitrogen and oxygen atoms in total. The Morgan fingerprint density at radius 1 is 1.53 bits per heavy atom. The minimum absolute atomic E-state index is 0.143. The topological polar surface area (TPSA) is 72.2 Å². The third-order valence-corrected chi connectivity index (χ3v) is 3.83. The van der Waals surface area contributed by atoms with Gasteiger partial charge in [-0.05, 0) is 38.5 Å². The van der Waals surface area contributed by atoms with Gasteiger partial charge < -0.3 is 11.1 Å². The van der Waals surface area contributed by atoms with Crippen LogP contribution in [0.15, 0.2) is 11.6 Å². The number of carbonyl (C=O) groups excluding carboxylic acids is 2. The van der Waals surface area contributed by atoms with E-state index in [4.69, 9.17) is 5.73 Å². The van der Waals surface area contributed by atoms with Gasteiger partial charge in [-0.15, -0.1) is 0 Å². The summed E-state index contributed by atoms with van der Waals surface area (Å²) in [5, 5.41) is 2.60. The zero-order valence-corrected chi connectivity index (χ0v) is 10.3. The van der Waals surface area contributed by atoms with Gasteiger partial charge in [0.25, 0.3) is 0 Å². The van der Waals surface area contributed by atoms with Gasteiger partial charge in [0.05, 0.1) is 6.04 Å². The van der Waals surface area contributed by atoms with Crippen molar-refractivity contribution in [2.24, 2.45) is 11.1 Å². The number of ketones is 1. The molecule has 2 aliphatic carbocycles. The third kappa shape index (κ3) is 2.87. The lowest BCUT2D eigenvalue weighted by Crippen LogP contribution is -2.46. The lowest BCUT2D eigenvalue weighted by atomic mass is 9.92. The number of hydrogen-bond donors (Lipinski definition) is 2. The van der Waals surface area contributed by atoms with Crippen LogP contribution in [0, 0.1) is 5.41 Å². The van der Waals surface area contributed by atoms with E-state index in [0.717, 1.165) is 32.1 Å². The fraction of sp³-hybridized carbons (Fsp3) is 0.692. The molecule has 1 saturated carbocycles. The van der Waals surface area contributed by atoms with Gasteiger partial charge in [0, 0.05) is 5.41 Å². The summed E-state index contributed by atoms with van der Waals surface area (Å²) in [4.78, 5) is 23.2. The van der Waals surface area contributed by atoms with Crippen LogP contribution in [0.25, 0.3) is 0 Å². The standard InChI is InChI=1S/C13H20N2O2/c1-13(6-7-13)11(16)10(15-12(14)17)8-9-4-2-3-5-9/h4,10H,2-3,5-8H2,1H3,(H3,14,15,17)/t10-/m0/s1. The fourth-order valence-corrected chi connectivity index (χ4v) is 2.42. The summed E-state index contributed by atoms with van der Waals surface area (Å²) in [6, 6.07) is -1.03. The first-order valence-corrected chi connectivity index (χ1v) is 6.29. The van der Waals surface area contributed by atoms with E-state index < -0.39 is 12.1 Å². The van der Waals surface area contributed by atoms with Crippen molar-refractivity contribution in [2.75, 3.05) is 0 Å². The molecule has 2 amide bonds. The van der Waals surface area contributed by atoms with E-state index in [1.54, 1.807) is 0 Å². The Morgan fingerprint density at radius 3 is 2.71 bits per heavy atom. The van der Waals surface area contributed by atoms with E-state index in [2.05, 4.69) is 11.4 Å². The number of carbonyl (C=O) groups is 2. The molecule has 0 bridgehead atoms. The third-order valence-electron chi connectivity index (χ3n) is 3.83. The first-order valence-electron chi connectivity index (χ1n) is 6.29. The largest absolute Gasteiger partial charge is 0.352 e. The maximum Gasteiger partial charge on any atom is 0.312 e. The second-order valence-electron chi connectivity index (χ2n) is 5.44. The molecule has 0 aliphatic heterocycles. The van der Waals surface area contributed by atoms with Crippen molar-refractivity contribution >= 4 is 11.8 Å². The molecule has 94 valence electrons. The van der Waals surface area contributed by atoms with Crippen LogP contribution in [-0.4, -0.2) is 17.9 Å². The van der Waals surface area contributed by atoms with Gasteiger partial charge in [0.15, 0.2) is 5.78 Å². The van der Waals surface area contributed by atoms with Crippen molar-refractivity contribution in [1.29, 1.82) is 0 Å². The molecule has 4 heteroatoms. The Balaban J connectivity index is 2.01. The fourth-order valence-electron chi connectivity index (χ4n) is 2.42. The number of urea groups is 1. The van der Waals surface area contributed by atoms with Crippen LogP contribution in [-0.2, 0) is 4.79 Å². The average Bonchev–Trinajstić information content (AvgIpc) is 2.80. The van der Waals surface area contributed by atoms with Gasteiger partial charge in [0.1, 0.15) is 0 Å². The summed E-state index contributed by atoms with van der Waals surface area (Å²) >= 11 is 0. The molecule has 0 aromatic heterocycles. The van der Waals surface area contributed by atoms with Crippen molar-refractivity contribution in [2.45, 2.75) is 51.5 Å². The van der Waals surface area contributed by atoms with E-state index in [9.17, 15) is 9.59 Å². The van der Waals surface area contributed by atoms with Gasteiger partial charge in [-0.1, -0.05) is 18.6 Å². The summed E-state index contributed by atoms with van der Waals surface area (Å²) in [6.07, 6.45) is 7.97. The lowest BCUT2D eigenvalue weighted by molar-refractivity contribution is -0.125. The molecule has 0 aromatic rings. The van der Waals surface area contributed by atoms with Gasteiger partial charge in [0.2, 0.25) is 0 Å². The Morgan fingerprint density at radius 2 is 2.24 bits per heavy atom. The summed E-state index contributed by atoms with van der Waals surface area (Å²) in [7, 11) is 0. The number of hydrogen-bond acceptors (Lipinski definition) is 2. The van der Waals surface area contributed by atoms with Crippen LogP contribution in [0.2, 0.25) is 0 Å². The van der Waals surface area contributed by atoms with E-state index >= 15 is 0 Å². The molecular weight excluding hydrogens is 216 g/mol. The van der Waals surface area contributed by atoms with Gasteiger partial charge in [-0.3, -0.25) is 4.79 Å². The van der Waals surface area contributed by atoms with E-state index in [0.29, 0.717) is 6.42 Å². The lowest BCUT2D eigenvalue weighted by Gasteiger charge is -2.20. The summed E-state index contributed by atoms with van der Waals surface area (Å²) in [5.41, 5.74) is 6.21. The number of Topliss-reactive ketones (excluding diaryl/α,β-unsaturated/α-hetero) is 1. The van der Waals surface area contributed by atoms with Crippen LogP contribution in [0.5, 0.6) is 0 Å². The number of primary amides is 1. The first-order chi connectivity index (χ1) is 8.01. The molecule has 2 rings (SSSR count). The Kier molecular flexibility index (Phi) is 3.22. The van der Waals surface area contributed by atoms with Crippen LogP contribution in [0.1, 0.15) is 45.4 Å². The molecule has 3 N–H and O–H groups in total. The second-order valence-corrected chi connectivity index (χ2v) is 5.44. The van der Waals surface area contributed by atoms with Gasteiger partial charge in [-0.2, -0.15) is 0 Å². The second kappa shape index (κ2) is 4.51. The highest BCUT2D eigenvalue weighted by Gasteiger charge is 2.47. The summed E-state index contributed by atoms with van der Waals surface area (Å²) < 4.78 is 0. The predicted octanol–water partition coefficient (Wildman–Crippen LogP) is 1.89. The molecule has 0 unspecified atom stereocenters. The molecule has 2 aliphatic rings. The zero-order chi connectivity index (χ0) is 12.5. The number of amides is 2. The van der Waals surface area contributed by atoms with Crippen molar-refractivity contribution in [3.63, 3.8) is 0 Å². The van der Waals surface area contributed by atoms with Crippen molar-refractivity contribution < 1.29 is 9.59 Å². The average molecular weight is 236 g/mol. The smallest absolute Gasteiger partial charge is 0.312 e. The minimum atomic E-state index is -0.605. The number of nitrogens with one attached hydrogen (secondary N) is 1. The first kappa shape index (κ1) is 12.1. The normalized spacial score (nSPS) is 22.8. The highest BCUT2D eigenvalue weighted by Crippen LogP contribution is 2.47. The molecule has 0 saturated heterocycles. The predicted molar refractivity (Wildman–Crippen MR) is 65.4 cm³/mol. The number of allylic oxidation sites excluding steroid dienone is 1. The molecule has 1 atom stereocenters. The SMILES string of the molecule is CC1(C(=O)[C@H](CC2=CCCC2)NC(N)=O)CC1. The Hall–Kier alpha value is -1.32. The van der Waals surface area contributed by atoms with Gasteiger partial charge in [-0.25, -0.2) is 4.79 Å². The monoisotopic (exact) mass is 236 g/mol.